The summed E-state index contributed by atoms with van der Waals surface area (Å²) >= 11 is 0. The molecular weight excluding hydrogens is 391 g/mol. The van der Waals surface area contributed by atoms with E-state index < -0.39 is 11.7 Å². The highest BCUT2D eigenvalue weighted by Crippen LogP contribution is 2.35. The Morgan fingerprint density at radius 3 is 2.57 bits per heavy atom. The normalized spacial score (nSPS) is 25.2. The lowest BCUT2D eigenvalue weighted by molar-refractivity contribution is -0.139. The molecular formula is C20H29ClF3N3O. The van der Waals surface area contributed by atoms with Gasteiger partial charge in [0.1, 0.15) is 0 Å². The van der Waals surface area contributed by atoms with Crippen molar-refractivity contribution < 1.29 is 18.0 Å². The van der Waals surface area contributed by atoms with E-state index >= 15 is 0 Å². The monoisotopic (exact) mass is 419 g/mol. The summed E-state index contributed by atoms with van der Waals surface area (Å²) < 4.78 is 39.9. The molecule has 1 saturated carbocycles. The summed E-state index contributed by atoms with van der Waals surface area (Å²) in [6, 6.07) is 4.15. The van der Waals surface area contributed by atoms with Crippen molar-refractivity contribution in [1.82, 2.24) is 10.2 Å². The summed E-state index contributed by atoms with van der Waals surface area (Å²) in [4.78, 5) is 14.5. The van der Waals surface area contributed by atoms with Crippen molar-refractivity contribution in [3.05, 3.63) is 29.3 Å². The highest BCUT2D eigenvalue weighted by atomic mass is 35.5. The zero-order valence-electron chi connectivity index (χ0n) is 16.1. The molecule has 3 rings (SSSR count). The maximum atomic E-state index is 13.3. The first-order valence-corrected chi connectivity index (χ1v) is 9.72. The number of nitrogen functional groups attached to an aromatic ring is 1. The van der Waals surface area contributed by atoms with Gasteiger partial charge in [0.05, 0.1) is 12.0 Å². The number of nitrogens with one attached hydrogen (secondary N) is 1. The number of hydrogen-bond donors (Lipinski definition) is 2. The number of amides is 1. The van der Waals surface area contributed by atoms with Crippen LogP contribution in [0.15, 0.2) is 18.2 Å². The third-order valence-corrected chi connectivity index (χ3v) is 6.07. The number of likely N-dealkylation sites (N-methyl/N-ethyl adjacent to an activating group) is 1. The lowest BCUT2D eigenvalue weighted by atomic mass is 9.78. The minimum atomic E-state index is -4.52. The number of hydrogen-bond acceptors (Lipinski definition) is 3. The number of carbonyl (C=O) groups excluding carboxylic acids is 1. The molecule has 8 heteroatoms. The molecule has 28 heavy (non-hydrogen) atoms. The lowest BCUT2D eigenvalue weighted by Crippen LogP contribution is -2.50. The molecule has 1 heterocycles. The van der Waals surface area contributed by atoms with E-state index in [-0.39, 0.29) is 42.0 Å². The summed E-state index contributed by atoms with van der Waals surface area (Å²) in [5.41, 5.74) is 4.73. The van der Waals surface area contributed by atoms with Crippen molar-refractivity contribution in [2.45, 2.75) is 63.2 Å². The number of alkyl halides is 3. The number of benzene rings is 1. The maximum absolute atomic E-state index is 13.3. The molecule has 1 aliphatic carbocycles. The second-order valence-corrected chi connectivity index (χ2v) is 7.81. The van der Waals surface area contributed by atoms with E-state index in [4.69, 9.17) is 5.73 Å². The fourth-order valence-corrected chi connectivity index (χ4v) is 4.65. The summed E-state index contributed by atoms with van der Waals surface area (Å²) in [6.45, 7) is 1.01. The quantitative estimate of drug-likeness (QED) is 0.724. The van der Waals surface area contributed by atoms with E-state index in [0.29, 0.717) is 12.0 Å². The fourth-order valence-electron chi connectivity index (χ4n) is 4.65. The Bertz CT molecular complexity index is 677. The molecule has 1 amide bonds. The Balaban J connectivity index is 0.00000280. The topological polar surface area (TPSA) is 58.4 Å². The molecule has 2 fully saturated rings. The van der Waals surface area contributed by atoms with Crippen LogP contribution < -0.4 is 11.1 Å². The third-order valence-electron chi connectivity index (χ3n) is 6.07. The average Bonchev–Trinajstić information content (AvgIpc) is 3.16. The van der Waals surface area contributed by atoms with Crippen molar-refractivity contribution in [3.8, 4) is 0 Å². The van der Waals surface area contributed by atoms with Gasteiger partial charge < -0.3 is 16.0 Å². The summed E-state index contributed by atoms with van der Waals surface area (Å²) in [7, 11) is 1.74. The molecule has 0 bridgehead atoms. The van der Waals surface area contributed by atoms with Crippen molar-refractivity contribution in [2.75, 3.05) is 19.3 Å². The minimum Gasteiger partial charge on any atom is -0.399 e. The number of carbonyl (C=O) groups is 1. The minimum absolute atomic E-state index is 0. The van der Waals surface area contributed by atoms with Gasteiger partial charge in [0, 0.05) is 24.8 Å². The van der Waals surface area contributed by atoms with Crippen molar-refractivity contribution in [2.24, 2.45) is 5.92 Å². The average molecular weight is 420 g/mol. The first-order chi connectivity index (χ1) is 12.8. The number of anilines is 1. The van der Waals surface area contributed by atoms with Crippen LogP contribution in [0.1, 0.15) is 49.7 Å². The van der Waals surface area contributed by atoms with E-state index in [1.165, 1.54) is 12.1 Å². The standard InChI is InChI=1S/C20H28F3N3O.ClH/c1-26(18-7-3-2-5-15(18)17-6-4-10-25-17)19(27)11-13-8-9-14(24)12-16(13)20(21,22)23;/h8-9,12,15,17-18,25H,2-7,10-11,24H2,1H3;1H. The molecule has 0 spiro atoms. The van der Waals surface area contributed by atoms with Gasteiger partial charge in [-0.05, 0) is 55.8 Å². The van der Waals surface area contributed by atoms with Crippen LogP contribution in [-0.2, 0) is 17.4 Å². The van der Waals surface area contributed by atoms with Crippen LogP contribution in [0.25, 0.3) is 0 Å². The van der Waals surface area contributed by atoms with Gasteiger partial charge in [-0.1, -0.05) is 18.9 Å². The zero-order chi connectivity index (χ0) is 19.6. The highest BCUT2D eigenvalue weighted by Gasteiger charge is 2.38. The van der Waals surface area contributed by atoms with Gasteiger partial charge in [-0.2, -0.15) is 13.2 Å². The first kappa shape index (κ1) is 22.8. The van der Waals surface area contributed by atoms with Gasteiger partial charge in [0.2, 0.25) is 5.91 Å². The molecule has 1 aliphatic heterocycles. The molecule has 1 aromatic carbocycles. The highest BCUT2D eigenvalue weighted by molar-refractivity contribution is 5.85. The fraction of sp³-hybridized carbons (Fsp3) is 0.650. The maximum Gasteiger partial charge on any atom is 0.416 e. The van der Waals surface area contributed by atoms with Crippen LogP contribution >= 0.6 is 12.4 Å². The number of halogens is 4. The zero-order valence-corrected chi connectivity index (χ0v) is 16.9. The molecule has 1 saturated heterocycles. The molecule has 3 unspecified atom stereocenters. The van der Waals surface area contributed by atoms with Crippen LogP contribution in [0.2, 0.25) is 0 Å². The predicted molar refractivity (Wildman–Crippen MR) is 106 cm³/mol. The summed E-state index contributed by atoms with van der Waals surface area (Å²) in [6.07, 6.45) is 1.66. The van der Waals surface area contributed by atoms with Crippen LogP contribution in [0.5, 0.6) is 0 Å². The van der Waals surface area contributed by atoms with Gasteiger partial charge in [0.25, 0.3) is 0 Å². The Morgan fingerprint density at radius 2 is 1.93 bits per heavy atom. The number of nitrogens with two attached hydrogens (primary N) is 1. The SMILES string of the molecule is CN(C(=O)Cc1ccc(N)cc1C(F)(F)F)C1CCCCC1C1CCCN1.Cl. The molecule has 158 valence electrons. The summed E-state index contributed by atoms with van der Waals surface area (Å²) in [5.74, 6) is 0.115. The molecule has 2 aliphatic rings. The Hall–Kier alpha value is -1.47. The largest absolute Gasteiger partial charge is 0.416 e. The number of nitrogens with zero attached hydrogens (tertiary/aromatic N) is 1. The van der Waals surface area contributed by atoms with Crippen molar-refractivity contribution in [3.63, 3.8) is 0 Å². The second kappa shape index (κ2) is 9.35. The molecule has 1 aromatic rings. The van der Waals surface area contributed by atoms with E-state index in [1.807, 2.05) is 0 Å². The van der Waals surface area contributed by atoms with Gasteiger partial charge in [-0.25, -0.2) is 0 Å². The molecule has 0 aromatic heterocycles. The van der Waals surface area contributed by atoms with Gasteiger partial charge in [-0.15, -0.1) is 12.4 Å². The predicted octanol–water partition coefficient (Wildman–Crippen LogP) is 4.02. The third kappa shape index (κ3) is 5.11. The summed E-state index contributed by atoms with van der Waals surface area (Å²) in [5, 5.41) is 3.53. The Labute approximate surface area is 170 Å². The first-order valence-electron chi connectivity index (χ1n) is 9.72. The smallest absolute Gasteiger partial charge is 0.399 e. The number of rotatable bonds is 4. The molecule has 3 N–H and O–H groups in total. The van der Waals surface area contributed by atoms with Crippen molar-refractivity contribution in [1.29, 1.82) is 0 Å². The van der Waals surface area contributed by atoms with Crippen LogP contribution in [0, 0.1) is 5.92 Å². The Morgan fingerprint density at radius 1 is 1.21 bits per heavy atom. The van der Waals surface area contributed by atoms with E-state index in [1.54, 1.807) is 11.9 Å². The van der Waals surface area contributed by atoms with Crippen LogP contribution in [0.3, 0.4) is 0 Å². The van der Waals surface area contributed by atoms with E-state index in [0.717, 1.165) is 51.1 Å². The van der Waals surface area contributed by atoms with Crippen LogP contribution in [0.4, 0.5) is 18.9 Å². The molecule has 4 nitrogen and oxygen atoms in total. The van der Waals surface area contributed by atoms with Crippen molar-refractivity contribution >= 4 is 24.0 Å². The lowest BCUT2D eigenvalue weighted by Gasteiger charge is -2.41. The Kier molecular flexibility index (Phi) is 7.62. The van der Waals surface area contributed by atoms with Gasteiger partial charge >= 0.3 is 6.18 Å². The second-order valence-electron chi connectivity index (χ2n) is 7.81. The molecule has 0 radical (unpaired) electrons. The molecule has 3 atom stereocenters. The van der Waals surface area contributed by atoms with Gasteiger partial charge in [0.15, 0.2) is 0 Å². The van der Waals surface area contributed by atoms with Crippen LogP contribution in [-0.4, -0.2) is 36.5 Å². The van der Waals surface area contributed by atoms with E-state index in [2.05, 4.69) is 5.32 Å². The van der Waals surface area contributed by atoms with E-state index in [9.17, 15) is 18.0 Å². The van der Waals surface area contributed by atoms with Gasteiger partial charge in [-0.3, -0.25) is 4.79 Å².